The monoisotopic (exact) mass is 304 g/mol. The summed E-state index contributed by atoms with van der Waals surface area (Å²) in [6.45, 7) is 2.07. The molecular formula is C11H14BrClN2O. The van der Waals surface area contributed by atoms with Gasteiger partial charge in [0.1, 0.15) is 11.1 Å². The molecule has 1 atom stereocenters. The van der Waals surface area contributed by atoms with E-state index in [1.807, 2.05) is 0 Å². The van der Waals surface area contributed by atoms with Crippen molar-refractivity contribution in [3.8, 4) is 5.88 Å². The summed E-state index contributed by atoms with van der Waals surface area (Å²) >= 11 is 9.38. The van der Waals surface area contributed by atoms with Gasteiger partial charge in [-0.3, -0.25) is 0 Å². The average molecular weight is 306 g/mol. The SMILES string of the molecule is Clc1cc(Br)cnc1OC1CCCNCC1. The van der Waals surface area contributed by atoms with Gasteiger partial charge in [-0.2, -0.15) is 0 Å². The summed E-state index contributed by atoms with van der Waals surface area (Å²) < 4.78 is 6.69. The first-order chi connectivity index (χ1) is 7.75. The van der Waals surface area contributed by atoms with Gasteiger partial charge in [-0.1, -0.05) is 11.6 Å². The van der Waals surface area contributed by atoms with Crippen molar-refractivity contribution in [3.05, 3.63) is 21.8 Å². The third-order valence-electron chi connectivity index (χ3n) is 2.58. The Kier molecular flexibility index (Phi) is 4.44. The van der Waals surface area contributed by atoms with Gasteiger partial charge >= 0.3 is 0 Å². The molecule has 88 valence electrons. The van der Waals surface area contributed by atoms with Crippen LogP contribution in [-0.4, -0.2) is 24.2 Å². The first-order valence-corrected chi connectivity index (χ1v) is 6.61. The van der Waals surface area contributed by atoms with Crippen LogP contribution in [0.25, 0.3) is 0 Å². The van der Waals surface area contributed by atoms with Crippen LogP contribution in [0.15, 0.2) is 16.7 Å². The molecule has 1 aliphatic heterocycles. The Morgan fingerprint density at radius 1 is 1.44 bits per heavy atom. The predicted molar refractivity (Wildman–Crippen MR) is 68.1 cm³/mol. The molecule has 0 aromatic carbocycles. The summed E-state index contributed by atoms with van der Waals surface area (Å²) in [5.74, 6) is 0.539. The number of ether oxygens (including phenoxy) is 1. The number of aromatic nitrogens is 1. The van der Waals surface area contributed by atoms with Gasteiger partial charge in [0.25, 0.3) is 0 Å². The zero-order valence-corrected chi connectivity index (χ0v) is 11.2. The van der Waals surface area contributed by atoms with E-state index in [9.17, 15) is 0 Å². The lowest BCUT2D eigenvalue weighted by molar-refractivity contribution is 0.180. The quantitative estimate of drug-likeness (QED) is 0.912. The van der Waals surface area contributed by atoms with Crippen LogP contribution >= 0.6 is 27.5 Å². The Morgan fingerprint density at radius 2 is 2.31 bits per heavy atom. The van der Waals surface area contributed by atoms with Gasteiger partial charge in [-0.05, 0) is 54.3 Å². The molecule has 0 spiro atoms. The normalized spacial score (nSPS) is 21.5. The topological polar surface area (TPSA) is 34.1 Å². The van der Waals surface area contributed by atoms with E-state index in [2.05, 4.69) is 26.2 Å². The molecule has 2 rings (SSSR count). The van der Waals surface area contributed by atoms with Crippen molar-refractivity contribution in [2.45, 2.75) is 25.4 Å². The molecule has 3 nitrogen and oxygen atoms in total. The number of nitrogens with zero attached hydrogens (tertiary/aromatic N) is 1. The van der Waals surface area contributed by atoms with E-state index < -0.39 is 0 Å². The molecule has 0 saturated carbocycles. The van der Waals surface area contributed by atoms with Gasteiger partial charge in [-0.15, -0.1) is 0 Å². The van der Waals surface area contributed by atoms with Crippen LogP contribution in [0.2, 0.25) is 5.02 Å². The highest BCUT2D eigenvalue weighted by molar-refractivity contribution is 9.10. The second kappa shape index (κ2) is 5.84. The van der Waals surface area contributed by atoms with Crippen molar-refractivity contribution in [1.82, 2.24) is 10.3 Å². The Morgan fingerprint density at radius 3 is 3.12 bits per heavy atom. The molecule has 2 heterocycles. The number of halogens is 2. The summed E-state index contributed by atoms with van der Waals surface area (Å²) in [4.78, 5) is 4.18. The zero-order valence-electron chi connectivity index (χ0n) is 8.88. The second-order valence-corrected chi connectivity index (χ2v) is 5.18. The molecule has 0 radical (unpaired) electrons. The van der Waals surface area contributed by atoms with E-state index in [-0.39, 0.29) is 6.10 Å². The van der Waals surface area contributed by atoms with E-state index in [1.54, 1.807) is 12.3 Å². The lowest BCUT2D eigenvalue weighted by atomic mass is 10.2. The van der Waals surface area contributed by atoms with E-state index in [0.29, 0.717) is 10.9 Å². The van der Waals surface area contributed by atoms with Crippen molar-refractivity contribution < 1.29 is 4.74 Å². The van der Waals surface area contributed by atoms with Gasteiger partial charge in [-0.25, -0.2) is 4.98 Å². The summed E-state index contributed by atoms with van der Waals surface area (Å²) in [5, 5.41) is 3.91. The smallest absolute Gasteiger partial charge is 0.232 e. The lowest BCUT2D eigenvalue weighted by Crippen LogP contribution is -2.19. The number of hydrogen-bond acceptors (Lipinski definition) is 3. The molecule has 1 N–H and O–H groups in total. The zero-order chi connectivity index (χ0) is 11.4. The standard InChI is InChI=1S/C11H14BrClN2O/c12-8-6-10(13)11(15-7-8)16-9-2-1-4-14-5-3-9/h6-7,9,14H,1-5H2. The predicted octanol–water partition coefficient (Wildman–Crippen LogP) is 3.02. The van der Waals surface area contributed by atoms with Gasteiger partial charge < -0.3 is 10.1 Å². The maximum atomic E-state index is 6.06. The fourth-order valence-electron chi connectivity index (χ4n) is 1.75. The van der Waals surface area contributed by atoms with Crippen molar-refractivity contribution in [3.63, 3.8) is 0 Å². The first-order valence-electron chi connectivity index (χ1n) is 5.44. The fourth-order valence-corrected chi connectivity index (χ4v) is 2.43. The summed E-state index contributed by atoms with van der Waals surface area (Å²) in [5.41, 5.74) is 0. The van der Waals surface area contributed by atoms with Crippen LogP contribution in [0.3, 0.4) is 0 Å². The average Bonchev–Trinajstić information content (AvgIpc) is 2.51. The van der Waals surface area contributed by atoms with E-state index in [1.165, 1.54) is 0 Å². The van der Waals surface area contributed by atoms with Gasteiger partial charge in [0.15, 0.2) is 0 Å². The van der Waals surface area contributed by atoms with Crippen molar-refractivity contribution in [2.24, 2.45) is 0 Å². The number of nitrogens with one attached hydrogen (secondary N) is 1. The molecule has 1 saturated heterocycles. The summed E-state index contributed by atoms with van der Waals surface area (Å²) in [6.07, 6.45) is 5.13. The number of rotatable bonds is 2. The van der Waals surface area contributed by atoms with Gasteiger partial charge in [0.05, 0.1) is 0 Å². The third kappa shape index (κ3) is 3.34. The molecule has 1 fully saturated rings. The first kappa shape index (κ1) is 12.1. The Hall–Kier alpha value is -0.320. The second-order valence-electron chi connectivity index (χ2n) is 3.86. The van der Waals surface area contributed by atoms with Crippen LogP contribution in [-0.2, 0) is 0 Å². The maximum Gasteiger partial charge on any atom is 0.232 e. The summed E-state index contributed by atoms with van der Waals surface area (Å²) in [6, 6.07) is 1.80. The lowest BCUT2D eigenvalue weighted by Gasteiger charge is -2.16. The van der Waals surface area contributed by atoms with E-state index in [4.69, 9.17) is 16.3 Å². The van der Waals surface area contributed by atoms with Crippen LogP contribution in [0.1, 0.15) is 19.3 Å². The molecular weight excluding hydrogens is 291 g/mol. The number of hydrogen-bond donors (Lipinski definition) is 1. The van der Waals surface area contributed by atoms with Crippen LogP contribution in [0.5, 0.6) is 5.88 Å². The molecule has 0 bridgehead atoms. The molecule has 1 aromatic heterocycles. The van der Waals surface area contributed by atoms with Gasteiger partial charge in [0, 0.05) is 10.7 Å². The minimum absolute atomic E-state index is 0.223. The molecule has 1 unspecified atom stereocenters. The minimum Gasteiger partial charge on any atom is -0.473 e. The molecule has 16 heavy (non-hydrogen) atoms. The highest BCUT2D eigenvalue weighted by Crippen LogP contribution is 2.26. The molecule has 0 amide bonds. The minimum atomic E-state index is 0.223. The van der Waals surface area contributed by atoms with Crippen LogP contribution in [0.4, 0.5) is 0 Å². The Labute approximate surface area is 109 Å². The van der Waals surface area contributed by atoms with E-state index in [0.717, 1.165) is 36.8 Å². The summed E-state index contributed by atoms with van der Waals surface area (Å²) in [7, 11) is 0. The molecule has 0 aliphatic carbocycles. The molecule has 5 heteroatoms. The van der Waals surface area contributed by atoms with Crippen molar-refractivity contribution in [2.75, 3.05) is 13.1 Å². The van der Waals surface area contributed by atoms with Gasteiger partial charge in [0.2, 0.25) is 5.88 Å². The van der Waals surface area contributed by atoms with E-state index >= 15 is 0 Å². The van der Waals surface area contributed by atoms with Crippen LogP contribution in [0, 0.1) is 0 Å². The third-order valence-corrected chi connectivity index (χ3v) is 3.28. The molecule has 1 aliphatic rings. The fraction of sp³-hybridized carbons (Fsp3) is 0.545. The highest BCUT2D eigenvalue weighted by atomic mass is 79.9. The number of pyridine rings is 1. The van der Waals surface area contributed by atoms with Crippen LogP contribution < -0.4 is 10.1 Å². The molecule has 1 aromatic rings. The highest BCUT2D eigenvalue weighted by Gasteiger charge is 2.15. The van der Waals surface area contributed by atoms with Crippen molar-refractivity contribution >= 4 is 27.5 Å². The Balaban J connectivity index is 2.01. The Bertz CT molecular complexity index is 354. The van der Waals surface area contributed by atoms with Crippen molar-refractivity contribution in [1.29, 1.82) is 0 Å². The maximum absolute atomic E-state index is 6.06. The largest absolute Gasteiger partial charge is 0.473 e.